The van der Waals surface area contributed by atoms with Crippen molar-refractivity contribution in [1.82, 2.24) is 15.2 Å². The van der Waals surface area contributed by atoms with E-state index in [-0.39, 0.29) is 18.0 Å². The number of rotatable bonds is 4. The van der Waals surface area contributed by atoms with Crippen molar-refractivity contribution >= 4 is 34.9 Å². The van der Waals surface area contributed by atoms with Crippen molar-refractivity contribution in [2.75, 3.05) is 19.7 Å². The summed E-state index contributed by atoms with van der Waals surface area (Å²) < 4.78 is 5.00. The van der Waals surface area contributed by atoms with E-state index < -0.39 is 0 Å². The van der Waals surface area contributed by atoms with E-state index in [9.17, 15) is 9.59 Å². The van der Waals surface area contributed by atoms with E-state index in [4.69, 9.17) is 16.3 Å². The van der Waals surface area contributed by atoms with Crippen LogP contribution < -0.4 is 5.32 Å². The molecule has 2 aromatic rings. The molecule has 0 aliphatic carbocycles. The Morgan fingerprint density at radius 3 is 2.65 bits per heavy atom. The second-order valence-corrected chi connectivity index (χ2v) is 7.27. The molecule has 0 spiro atoms. The van der Waals surface area contributed by atoms with E-state index in [2.05, 4.69) is 10.3 Å². The van der Waals surface area contributed by atoms with Crippen molar-refractivity contribution in [1.29, 1.82) is 0 Å². The maximum absolute atomic E-state index is 12.4. The van der Waals surface area contributed by atoms with Gasteiger partial charge in [-0.2, -0.15) is 0 Å². The summed E-state index contributed by atoms with van der Waals surface area (Å²) in [6.07, 6.45) is 1.13. The minimum absolute atomic E-state index is 0.0360. The Morgan fingerprint density at radius 2 is 2.00 bits per heavy atom. The molecule has 0 unspecified atom stereocenters. The summed E-state index contributed by atoms with van der Waals surface area (Å²) in [6, 6.07) is 7.40. The number of ether oxygens (including phenoxy) is 1. The largest absolute Gasteiger partial charge is 0.450 e. The van der Waals surface area contributed by atoms with Crippen molar-refractivity contribution < 1.29 is 14.3 Å². The summed E-state index contributed by atoms with van der Waals surface area (Å²) in [6.45, 7) is 3.32. The van der Waals surface area contributed by atoms with Crippen LogP contribution in [0.25, 0.3) is 10.6 Å². The molecule has 26 heavy (non-hydrogen) atoms. The maximum Gasteiger partial charge on any atom is 0.409 e. The van der Waals surface area contributed by atoms with E-state index >= 15 is 0 Å². The number of piperidine rings is 1. The number of hydrogen-bond donors (Lipinski definition) is 1. The van der Waals surface area contributed by atoms with Crippen LogP contribution in [0.3, 0.4) is 0 Å². The maximum atomic E-state index is 12.4. The van der Waals surface area contributed by atoms with E-state index in [0.717, 1.165) is 10.6 Å². The Kier molecular flexibility index (Phi) is 6.11. The standard InChI is InChI=1S/C18H20ClN3O3S/c1-2-25-18(24)22-9-7-14(8-10-22)20-16(23)15-11-26-17(21-15)12-3-5-13(19)6-4-12/h3-6,11,14H,2,7-10H2,1H3,(H,20,23). The van der Waals surface area contributed by atoms with E-state index in [0.29, 0.717) is 43.3 Å². The van der Waals surface area contributed by atoms with Gasteiger partial charge in [-0.1, -0.05) is 23.7 Å². The first-order valence-corrected chi connectivity index (χ1v) is 9.76. The lowest BCUT2D eigenvalue weighted by Gasteiger charge is -2.31. The minimum atomic E-state index is -0.288. The molecule has 0 bridgehead atoms. The van der Waals surface area contributed by atoms with Gasteiger partial charge in [-0.3, -0.25) is 4.79 Å². The van der Waals surface area contributed by atoms with Crippen LogP contribution in [0.5, 0.6) is 0 Å². The Hall–Kier alpha value is -2.12. The molecule has 0 atom stereocenters. The van der Waals surface area contributed by atoms with E-state index in [1.165, 1.54) is 11.3 Å². The molecule has 1 aromatic carbocycles. The van der Waals surface area contributed by atoms with Crippen LogP contribution in [0.2, 0.25) is 5.02 Å². The lowest BCUT2D eigenvalue weighted by atomic mass is 10.1. The lowest BCUT2D eigenvalue weighted by molar-refractivity contribution is 0.0857. The number of halogens is 1. The van der Waals surface area contributed by atoms with Crippen LogP contribution in [0, 0.1) is 0 Å². The van der Waals surface area contributed by atoms with E-state index in [1.54, 1.807) is 29.3 Å². The van der Waals surface area contributed by atoms with Gasteiger partial charge in [0.25, 0.3) is 5.91 Å². The predicted molar refractivity (Wildman–Crippen MR) is 102 cm³/mol. The number of aromatic nitrogens is 1. The number of likely N-dealkylation sites (tertiary alicyclic amines) is 1. The average molecular weight is 394 g/mol. The van der Waals surface area contributed by atoms with Crippen molar-refractivity contribution in [2.24, 2.45) is 0 Å². The molecule has 0 radical (unpaired) electrons. The predicted octanol–water partition coefficient (Wildman–Crippen LogP) is 3.81. The Labute approximate surface area is 161 Å². The molecule has 1 aromatic heterocycles. The first-order chi connectivity index (χ1) is 12.6. The molecule has 1 N–H and O–H groups in total. The van der Waals surface area contributed by atoms with Crippen LogP contribution in [-0.2, 0) is 4.74 Å². The monoisotopic (exact) mass is 393 g/mol. The third-order valence-electron chi connectivity index (χ3n) is 4.18. The zero-order valence-electron chi connectivity index (χ0n) is 14.4. The molecular weight excluding hydrogens is 374 g/mol. The highest BCUT2D eigenvalue weighted by Gasteiger charge is 2.25. The summed E-state index contributed by atoms with van der Waals surface area (Å²) in [7, 11) is 0. The Balaban J connectivity index is 1.55. The first kappa shape index (κ1) is 18.7. The van der Waals surface area contributed by atoms with Crippen LogP contribution in [0.4, 0.5) is 4.79 Å². The van der Waals surface area contributed by atoms with Gasteiger partial charge in [0.1, 0.15) is 10.7 Å². The number of nitrogens with zero attached hydrogens (tertiary/aromatic N) is 2. The lowest BCUT2D eigenvalue weighted by Crippen LogP contribution is -2.46. The van der Waals surface area contributed by atoms with Gasteiger partial charge in [0.15, 0.2) is 0 Å². The number of carbonyl (C=O) groups is 2. The smallest absolute Gasteiger partial charge is 0.409 e. The topological polar surface area (TPSA) is 71.5 Å². The highest BCUT2D eigenvalue weighted by Crippen LogP contribution is 2.25. The van der Waals surface area contributed by atoms with Crippen LogP contribution in [0.15, 0.2) is 29.6 Å². The second kappa shape index (κ2) is 8.51. The molecule has 1 aliphatic heterocycles. The van der Waals surface area contributed by atoms with Crippen LogP contribution in [-0.4, -0.2) is 47.6 Å². The van der Waals surface area contributed by atoms with Gasteiger partial charge in [0.2, 0.25) is 0 Å². The molecule has 8 heteroatoms. The molecule has 138 valence electrons. The summed E-state index contributed by atoms with van der Waals surface area (Å²) in [4.78, 5) is 30.2. The van der Waals surface area contributed by atoms with Gasteiger partial charge in [0, 0.05) is 35.1 Å². The second-order valence-electron chi connectivity index (χ2n) is 5.98. The SMILES string of the molecule is CCOC(=O)N1CCC(NC(=O)c2csc(-c3ccc(Cl)cc3)n2)CC1. The molecule has 1 saturated heterocycles. The molecule has 1 fully saturated rings. The van der Waals surface area contributed by atoms with Gasteiger partial charge in [0.05, 0.1) is 6.61 Å². The average Bonchev–Trinajstić information content (AvgIpc) is 3.13. The van der Waals surface area contributed by atoms with E-state index in [1.807, 2.05) is 12.1 Å². The van der Waals surface area contributed by atoms with Crippen molar-refractivity contribution in [3.8, 4) is 10.6 Å². The Bertz CT molecular complexity index is 770. The summed E-state index contributed by atoms with van der Waals surface area (Å²) >= 11 is 7.32. The zero-order valence-corrected chi connectivity index (χ0v) is 16.0. The van der Waals surface area contributed by atoms with Gasteiger partial charge in [-0.25, -0.2) is 9.78 Å². The fourth-order valence-corrected chi connectivity index (χ4v) is 3.72. The fourth-order valence-electron chi connectivity index (χ4n) is 2.78. The molecule has 2 heterocycles. The summed E-state index contributed by atoms with van der Waals surface area (Å²) in [5, 5.41) is 6.21. The minimum Gasteiger partial charge on any atom is -0.450 e. The molecular formula is C18H20ClN3O3S. The number of thiazole rings is 1. The van der Waals surface area contributed by atoms with Gasteiger partial charge in [-0.15, -0.1) is 11.3 Å². The highest BCUT2D eigenvalue weighted by atomic mass is 35.5. The summed E-state index contributed by atoms with van der Waals surface area (Å²) in [5.74, 6) is -0.184. The molecule has 0 saturated carbocycles. The van der Waals surface area contributed by atoms with Gasteiger partial charge < -0.3 is 15.0 Å². The molecule has 2 amide bonds. The molecule has 3 rings (SSSR count). The third-order valence-corrected chi connectivity index (χ3v) is 5.33. The zero-order chi connectivity index (χ0) is 18.5. The van der Waals surface area contributed by atoms with Crippen molar-refractivity contribution in [3.05, 3.63) is 40.4 Å². The van der Waals surface area contributed by atoms with Gasteiger partial charge >= 0.3 is 6.09 Å². The molecule has 6 nitrogen and oxygen atoms in total. The quantitative estimate of drug-likeness (QED) is 0.857. The number of hydrogen-bond acceptors (Lipinski definition) is 5. The van der Waals surface area contributed by atoms with Crippen LogP contribution in [0.1, 0.15) is 30.3 Å². The first-order valence-electron chi connectivity index (χ1n) is 8.51. The summed E-state index contributed by atoms with van der Waals surface area (Å²) in [5.41, 5.74) is 1.34. The van der Waals surface area contributed by atoms with Gasteiger partial charge in [-0.05, 0) is 31.9 Å². The highest BCUT2D eigenvalue weighted by molar-refractivity contribution is 7.13. The fraction of sp³-hybridized carbons (Fsp3) is 0.389. The van der Waals surface area contributed by atoms with Crippen molar-refractivity contribution in [2.45, 2.75) is 25.8 Å². The third kappa shape index (κ3) is 4.53. The Morgan fingerprint density at radius 1 is 1.31 bits per heavy atom. The number of benzene rings is 1. The molecule has 1 aliphatic rings. The number of amides is 2. The number of carbonyl (C=O) groups excluding carboxylic acids is 2. The van der Waals surface area contributed by atoms with Crippen LogP contribution >= 0.6 is 22.9 Å². The normalized spacial score (nSPS) is 14.9. The van der Waals surface area contributed by atoms with Crippen molar-refractivity contribution in [3.63, 3.8) is 0 Å². The number of nitrogens with one attached hydrogen (secondary N) is 1.